The first-order valence-corrected chi connectivity index (χ1v) is 7.60. The molecule has 0 heterocycles. The summed E-state index contributed by atoms with van der Waals surface area (Å²) in [5.41, 5.74) is 9.65. The molecule has 3 nitrogen and oxygen atoms in total. The van der Waals surface area contributed by atoms with Gasteiger partial charge in [0, 0.05) is 20.3 Å². The van der Waals surface area contributed by atoms with Gasteiger partial charge in [-0.05, 0) is 71.2 Å². The van der Waals surface area contributed by atoms with Crippen molar-refractivity contribution in [3.63, 3.8) is 0 Å². The second kappa shape index (κ2) is 5.97. The summed E-state index contributed by atoms with van der Waals surface area (Å²) in [6.45, 7) is 3.92. The standard InChI is InChI=1S/C15H14Br2N2O/c1-8-5-10(16)6-9(2)14(8)19-15(20)12-7-11(18)3-4-13(12)17/h3-7H,18H2,1-2H3,(H,19,20). The molecule has 0 unspecified atom stereocenters. The number of carbonyl (C=O) groups excluding carboxylic acids is 1. The van der Waals surface area contributed by atoms with Gasteiger partial charge in [-0.25, -0.2) is 0 Å². The largest absolute Gasteiger partial charge is 0.399 e. The number of carbonyl (C=O) groups is 1. The van der Waals surface area contributed by atoms with Gasteiger partial charge in [0.15, 0.2) is 0 Å². The maximum absolute atomic E-state index is 12.4. The Morgan fingerprint density at radius 1 is 1.10 bits per heavy atom. The maximum Gasteiger partial charge on any atom is 0.256 e. The molecule has 2 rings (SSSR count). The Kier molecular flexibility index (Phi) is 4.50. The average molecular weight is 398 g/mol. The Morgan fingerprint density at radius 3 is 2.30 bits per heavy atom. The molecule has 0 spiro atoms. The third-order valence-corrected chi connectivity index (χ3v) is 4.12. The lowest BCUT2D eigenvalue weighted by molar-refractivity contribution is 0.102. The fourth-order valence-electron chi connectivity index (χ4n) is 2.01. The Balaban J connectivity index is 2.35. The van der Waals surface area contributed by atoms with E-state index in [-0.39, 0.29) is 5.91 Å². The molecule has 0 aliphatic rings. The summed E-state index contributed by atoms with van der Waals surface area (Å²) in [6.07, 6.45) is 0. The quantitative estimate of drug-likeness (QED) is 0.723. The minimum absolute atomic E-state index is 0.183. The van der Waals surface area contributed by atoms with Crippen LogP contribution >= 0.6 is 31.9 Å². The Bertz CT molecular complexity index is 661. The van der Waals surface area contributed by atoms with Crippen molar-refractivity contribution in [3.8, 4) is 0 Å². The normalized spacial score (nSPS) is 10.4. The van der Waals surface area contributed by atoms with Crippen molar-refractivity contribution < 1.29 is 4.79 Å². The highest BCUT2D eigenvalue weighted by Crippen LogP contribution is 2.27. The number of nitrogen functional groups attached to an aromatic ring is 1. The van der Waals surface area contributed by atoms with Gasteiger partial charge in [0.25, 0.3) is 5.91 Å². The van der Waals surface area contributed by atoms with E-state index >= 15 is 0 Å². The SMILES string of the molecule is Cc1cc(Br)cc(C)c1NC(=O)c1cc(N)ccc1Br. The fraction of sp³-hybridized carbons (Fsp3) is 0.133. The molecule has 5 heteroatoms. The number of amides is 1. The molecular formula is C15H14Br2N2O. The number of hydrogen-bond acceptors (Lipinski definition) is 2. The molecule has 0 saturated carbocycles. The van der Waals surface area contributed by atoms with E-state index in [4.69, 9.17) is 5.73 Å². The van der Waals surface area contributed by atoms with E-state index in [2.05, 4.69) is 37.2 Å². The van der Waals surface area contributed by atoms with Gasteiger partial charge < -0.3 is 11.1 Å². The van der Waals surface area contributed by atoms with Crippen LogP contribution in [-0.2, 0) is 0 Å². The van der Waals surface area contributed by atoms with E-state index in [1.165, 1.54) is 0 Å². The average Bonchev–Trinajstić information content (AvgIpc) is 2.36. The third-order valence-electron chi connectivity index (χ3n) is 2.97. The van der Waals surface area contributed by atoms with Crippen LogP contribution < -0.4 is 11.1 Å². The molecule has 2 aromatic carbocycles. The molecule has 1 amide bonds. The van der Waals surface area contributed by atoms with Crippen molar-refractivity contribution in [2.24, 2.45) is 0 Å². The Hall–Kier alpha value is -1.33. The number of anilines is 2. The first-order chi connectivity index (χ1) is 9.38. The maximum atomic E-state index is 12.4. The lowest BCUT2D eigenvalue weighted by atomic mass is 10.1. The summed E-state index contributed by atoms with van der Waals surface area (Å²) >= 11 is 6.81. The van der Waals surface area contributed by atoms with Crippen LogP contribution in [0.4, 0.5) is 11.4 Å². The van der Waals surface area contributed by atoms with Crippen LogP contribution in [0.5, 0.6) is 0 Å². The van der Waals surface area contributed by atoms with Crippen molar-refractivity contribution in [1.82, 2.24) is 0 Å². The van der Waals surface area contributed by atoms with E-state index in [1.807, 2.05) is 26.0 Å². The summed E-state index contributed by atoms with van der Waals surface area (Å²) in [5.74, 6) is -0.183. The number of nitrogens with two attached hydrogens (primary N) is 1. The van der Waals surface area contributed by atoms with E-state index in [0.29, 0.717) is 11.3 Å². The summed E-state index contributed by atoms with van der Waals surface area (Å²) in [7, 11) is 0. The van der Waals surface area contributed by atoms with Gasteiger partial charge in [-0.15, -0.1) is 0 Å². The lowest BCUT2D eigenvalue weighted by Gasteiger charge is -2.13. The van der Waals surface area contributed by atoms with Gasteiger partial charge in [0.05, 0.1) is 5.56 Å². The zero-order chi connectivity index (χ0) is 14.9. The second-order valence-corrected chi connectivity index (χ2v) is 6.38. The number of nitrogens with one attached hydrogen (secondary N) is 1. The van der Waals surface area contributed by atoms with Crippen LogP contribution in [0.2, 0.25) is 0 Å². The molecular weight excluding hydrogens is 384 g/mol. The molecule has 2 aromatic rings. The first kappa shape index (κ1) is 15.1. The molecule has 0 fully saturated rings. The van der Waals surface area contributed by atoms with Crippen LogP contribution in [0.15, 0.2) is 39.3 Å². The van der Waals surface area contributed by atoms with Gasteiger partial charge in [-0.1, -0.05) is 15.9 Å². The molecule has 0 aliphatic carbocycles. The summed E-state index contributed by atoms with van der Waals surface area (Å²) in [6, 6.07) is 9.11. The van der Waals surface area contributed by atoms with Crippen molar-refractivity contribution >= 4 is 49.1 Å². The zero-order valence-corrected chi connectivity index (χ0v) is 14.3. The Morgan fingerprint density at radius 2 is 1.70 bits per heavy atom. The molecule has 0 radical (unpaired) electrons. The molecule has 0 saturated heterocycles. The minimum atomic E-state index is -0.183. The molecule has 3 N–H and O–H groups in total. The van der Waals surface area contributed by atoms with Gasteiger partial charge in [0.1, 0.15) is 0 Å². The molecule has 104 valence electrons. The van der Waals surface area contributed by atoms with Crippen LogP contribution in [0, 0.1) is 13.8 Å². The molecule has 0 aromatic heterocycles. The summed E-state index contributed by atoms with van der Waals surface area (Å²) in [4.78, 5) is 12.4. The molecule has 0 bridgehead atoms. The van der Waals surface area contributed by atoms with Crippen LogP contribution in [0.1, 0.15) is 21.5 Å². The van der Waals surface area contributed by atoms with Crippen molar-refractivity contribution in [2.45, 2.75) is 13.8 Å². The smallest absolute Gasteiger partial charge is 0.256 e. The third kappa shape index (κ3) is 3.22. The topological polar surface area (TPSA) is 55.1 Å². The van der Waals surface area contributed by atoms with Crippen molar-refractivity contribution in [1.29, 1.82) is 0 Å². The number of benzene rings is 2. The van der Waals surface area contributed by atoms with Gasteiger partial charge in [-0.2, -0.15) is 0 Å². The predicted octanol–water partition coefficient (Wildman–Crippen LogP) is 4.66. The second-order valence-electron chi connectivity index (χ2n) is 4.61. The van der Waals surface area contributed by atoms with Crippen molar-refractivity contribution in [3.05, 3.63) is 56.0 Å². The summed E-state index contributed by atoms with van der Waals surface area (Å²) < 4.78 is 1.72. The molecule has 20 heavy (non-hydrogen) atoms. The van der Waals surface area contributed by atoms with E-state index in [9.17, 15) is 4.79 Å². The molecule has 0 atom stereocenters. The van der Waals surface area contributed by atoms with Gasteiger partial charge in [0.2, 0.25) is 0 Å². The summed E-state index contributed by atoms with van der Waals surface area (Å²) in [5, 5.41) is 2.94. The highest BCUT2D eigenvalue weighted by molar-refractivity contribution is 9.10. The minimum Gasteiger partial charge on any atom is -0.399 e. The number of halogens is 2. The van der Waals surface area contributed by atoms with E-state index < -0.39 is 0 Å². The number of aryl methyl sites for hydroxylation is 2. The lowest BCUT2D eigenvalue weighted by Crippen LogP contribution is -2.14. The zero-order valence-electron chi connectivity index (χ0n) is 11.1. The Labute approximate surface area is 134 Å². The van der Waals surface area contributed by atoms with E-state index in [0.717, 1.165) is 25.8 Å². The van der Waals surface area contributed by atoms with Gasteiger partial charge in [-0.3, -0.25) is 4.79 Å². The monoisotopic (exact) mass is 396 g/mol. The van der Waals surface area contributed by atoms with E-state index in [1.54, 1.807) is 18.2 Å². The molecule has 0 aliphatic heterocycles. The first-order valence-electron chi connectivity index (χ1n) is 6.01. The number of rotatable bonds is 2. The number of hydrogen-bond donors (Lipinski definition) is 2. The highest BCUT2D eigenvalue weighted by Gasteiger charge is 2.13. The fourth-order valence-corrected chi connectivity index (χ4v) is 3.12. The van der Waals surface area contributed by atoms with Crippen LogP contribution in [-0.4, -0.2) is 5.91 Å². The highest BCUT2D eigenvalue weighted by atomic mass is 79.9. The van der Waals surface area contributed by atoms with Crippen LogP contribution in [0.25, 0.3) is 0 Å². The van der Waals surface area contributed by atoms with Gasteiger partial charge >= 0.3 is 0 Å². The van der Waals surface area contributed by atoms with Crippen LogP contribution in [0.3, 0.4) is 0 Å². The predicted molar refractivity (Wildman–Crippen MR) is 90.1 cm³/mol. The van der Waals surface area contributed by atoms with Crippen molar-refractivity contribution in [2.75, 3.05) is 11.1 Å².